The molecule has 1 atom stereocenters. The number of esters is 4. The van der Waals surface area contributed by atoms with Gasteiger partial charge in [0.05, 0.1) is 47.0 Å². The first-order valence-corrected chi connectivity index (χ1v) is 57.3. The molecule has 12 aromatic rings. The van der Waals surface area contributed by atoms with E-state index in [2.05, 4.69) is 314 Å². The van der Waals surface area contributed by atoms with Gasteiger partial charge >= 0.3 is 23.9 Å². The molecule has 3 aliphatic heterocycles. The summed E-state index contributed by atoms with van der Waals surface area (Å²) in [5, 5.41) is 6.30. The Labute approximate surface area is 847 Å². The summed E-state index contributed by atoms with van der Waals surface area (Å²) in [5.74, 6) is 10.4. The molecular formula is C85H64I12O12S6+4. The number of ether oxygens (including phenoxy) is 5. The van der Waals surface area contributed by atoms with E-state index < -0.39 is 9.84 Å². The molecule has 3 saturated heterocycles. The molecule has 12 aromatic carbocycles. The van der Waals surface area contributed by atoms with Crippen LogP contribution >= 0.6 is 283 Å². The van der Waals surface area contributed by atoms with Crippen molar-refractivity contribution in [2.45, 2.75) is 19.6 Å². The van der Waals surface area contributed by atoms with E-state index in [9.17, 15) is 32.4 Å². The van der Waals surface area contributed by atoms with Crippen molar-refractivity contribution in [3.8, 4) is 23.0 Å². The summed E-state index contributed by atoms with van der Waals surface area (Å²) in [6.07, 6.45) is 2.05. The molecule has 15 rings (SSSR count). The predicted molar refractivity (Wildman–Crippen MR) is 577 cm³/mol. The van der Waals surface area contributed by atoms with Gasteiger partial charge in [0, 0.05) is 136 Å². The lowest BCUT2D eigenvalue weighted by Crippen LogP contribution is -2.32. The van der Waals surface area contributed by atoms with Gasteiger partial charge < -0.3 is 23.7 Å². The van der Waals surface area contributed by atoms with Gasteiger partial charge in [-0.2, -0.15) is 11.8 Å². The lowest BCUT2D eigenvalue weighted by molar-refractivity contribution is 0.0723. The number of thioether (sulfide) groups is 1. The third-order valence-electron chi connectivity index (χ3n) is 18.1. The van der Waals surface area contributed by atoms with E-state index in [0.717, 1.165) is 104 Å². The first kappa shape index (κ1) is 93.5. The average molecular weight is 2990 g/mol. The Balaban J connectivity index is 0.000000142. The second-order valence-electron chi connectivity index (χ2n) is 25.4. The van der Waals surface area contributed by atoms with E-state index in [1.807, 2.05) is 176 Å². The highest BCUT2D eigenvalue weighted by Crippen LogP contribution is 2.40. The van der Waals surface area contributed by atoms with Crippen molar-refractivity contribution < 1.29 is 56.1 Å². The van der Waals surface area contributed by atoms with E-state index in [1.165, 1.54) is 43.6 Å². The Hall–Kier alpha value is -0.610. The molecule has 12 nitrogen and oxygen atoms in total. The SMILES string of the molecule is C[S+](CC(=O)c1ccccc1)c1ccc(OC(=O)c2c(I)ccc(I)c2I)cc1.O=C(Oc1ccc([S+]2CCOCC2)c2ccccc12)c1c(I)ccc(I)c1I.O=C(Oc1ccc([S+]2CCS(=O)(=O)CC2)c2ccccc12)c1c(I)ccc(I)c1I.O=C(Oc1ccc([S+]2CCSCC2)c2ccccc12)c1c(I)ccc(I)c1I. The van der Waals surface area contributed by atoms with Crippen LogP contribution in [0.15, 0.2) is 232 Å². The minimum absolute atomic E-state index is 0.120. The maximum Gasteiger partial charge on any atom is 0.345 e. The fraction of sp³-hybridized carbons (Fsp3) is 0.165. The zero-order chi connectivity index (χ0) is 81.8. The van der Waals surface area contributed by atoms with Crippen LogP contribution in [-0.2, 0) is 58.2 Å². The number of fused-ring (bicyclic) bond motifs is 3. The quantitative estimate of drug-likeness (QED) is 0.0238. The van der Waals surface area contributed by atoms with Crippen LogP contribution in [-0.4, -0.2) is 121 Å². The van der Waals surface area contributed by atoms with Gasteiger partial charge in [-0.3, -0.25) is 4.79 Å². The zero-order valence-electron chi connectivity index (χ0n) is 60.3. The molecule has 0 spiro atoms. The van der Waals surface area contributed by atoms with Crippen LogP contribution in [0.3, 0.4) is 0 Å². The molecule has 115 heavy (non-hydrogen) atoms. The summed E-state index contributed by atoms with van der Waals surface area (Å²) in [5.41, 5.74) is 3.18. The van der Waals surface area contributed by atoms with E-state index in [1.54, 1.807) is 12.1 Å². The van der Waals surface area contributed by atoms with Crippen LogP contribution in [0.1, 0.15) is 51.8 Å². The minimum Gasteiger partial charge on any atom is -0.423 e. The Morgan fingerprint density at radius 1 is 0.365 bits per heavy atom. The highest BCUT2D eigenvalue weighted by molar-refractivity contribution is 14.1. The normalized spacial score (nSPS) is 14.5. The minimum atomic E-state index is -2.91. The van der Waals surface area contributed by atoms with Crippen molar-refractivity contribution in [2.75, 3.05) is 82.8 Å². The van der Waals surface area contributed by atoms with Crippen molar-refractivity contribution >= 4 is 398 Å². The lowest BCUT2D eigenvalue weighted by atomic mass is 10.1. The molecule has 0 bridgehead atoms. The smallest absolute Gasteiger partial charge is 0.345 e. The summed E-state index contributed by atoms with van der Waals surface area (Å²) >= 11 is 28.5. The van der Waals surface area contributed by atoms with Crippen molar-refractivity contribution in [3.05, 3.63) is 283 Å². The molecule has 592 valence electrons. The number of benzene rings is 12. The lowest BCUT2D eigenvalue weighted by Gasteiger charge is -2.17. The number of hydrogen-bond acceptors (Lipinski definition) is 13. The number of carbonyl (C=O) groups excluding carboxylic acids is 5. The number of halogens is 12. The van der Waals surface area contributed by atoms with Gasteiger partial charge in [0.15, 0.2) is 35.2 Å². The fourth-order valence-electron chi connectivity index (χ4n) is 12.3. The zero-order valence-corrected chi connectivity index (χ0v) is 91.1. The summed E-state index contributed by atoms with van der Waals surface area (Å²) in [4.78, 5) is 69.0. The Bertz CT molecular complexity index is 5620. The number of carbonyl (C=O) groups is 5. The van der Waals surface area contributed by atoms with E-state index in [0.29, 0.717) is 62.5 Å². The standard InChI is InChI=1S/C22H16I3O3S.C21H16I3O4S2.C21H16I3O3S.C21H16I3O2S2/c1-29(13-19(26)14-5-3-2-4-6-14)16-9-7-15(8-10-16)28-22(27)20-17(23)11-12-18(24)21(20)25;22-15-5-6-16(23)20(24)19(15)21(25)28-17-7-8-18(14-4-2-1-3-13(14)17)29-9-11-30(26,27)12-10-29;22-15-5-6-16(23)20(24)19(15)21(25)27-17-7-8-18(28-11-9-26-10-12-28)14-4-2-1-3-13(14)17;22-15-5-6-16(23)20(24)19(15)21(25)26-17-7-8-18(28-11-9-27-10-12-28)14-4-2-1-3-13(14)17/h2-12H,13H2,1H3;1-8H,9-12H2;2*1-8H,9-12H2/q4*+1. The molecule has 0 aromatic heterocycles. The largest absolute Gasteiger partial charge is 0.423 e. The van der Waals surface area contributed by atoms with Gasteiger partial charge in [-0.25, -0.2) is 27.6 Å². The summed E-state index contributed by atoms with van der Waals surface area (Å²) in [6.45, 7) is 1.63. The van der Waals surface area contributed by atoms with E-state index in [-0.39, 0.29) is 84.7 Å². The van der Waals surface area contributed by atoms with Crippen LogP contribution < -0.4 is 18.9 Å². The molecule has 0 aliphatic carbocycles. The number of sulfone groups is 1. The molecule has 0 N–H and O–H groups in total. The average Bonchev–Trinajstić information content (AvgIpc) is 0.787. The monoisotopic (exact) mass is 2990 g/mol. The third kappa shape index (κ3) is 24.1. The van der Waals surface area contributed by atoms with E-state index in [4.69, 9.17) is 23.7 Å². The third-order valence-corrected chi connectivity index (χ3v) is 46.4. The maximum absolute atomic E-state index is 13.0. The summed E-state index contributed by atoms with van der Waals surface area (Å²) in [6, 6.07) is 69.0. The number of Topliss-reactive ketones (excluding diaryl/α,β-unsaturated/α-hetero) is 1. The van der Waals surface area contributed by atoms with Crippen molar-refractivity contribution in [1.82, 2.24) is 0 Å². The van der Waals surface area contributed by atoms with Crippen LogP contribution in [0.25, 0.3) is 32.3 Å². The Morgan fingerprint density at radius 3 is 1.04 bits per heavy atom. The van der Waals surface area contributed by atoms with Crippen molar-refractivity contribution in [1.29, 1.82) is 0 Å². The van der Waals surface area contributed by atoms with Gasteiger partial charge in [0.25, 0.3) is 0 Å². The molecule has 30 heteroatoms. The molecule has 0 saturated carbocycles. The first-order valence-electron chi connectivity index (χ1n) is 34.9. The number of hydrogen-bond donors (Lipinski definition) is 0. The Kier molecular flexibility index (Phi) is 36.2. The van der Waals surface area contributed by atoms with Crippen LogP contribution in [0.5, 0.6) is 23.0 Å². The van der Waals surface area contributed by atoms with Crippen molar-refractivity contribution in [2.24, 2.45) is 0 Å². The second kappa shape index (κ2) is 44.5. The fourth-order valence-corrected chi connectivity index (χ4v) is 34.4. The van der Waals surface area contributed by atoms with Crippen LogP contribution in [0.4, 0.5) is 0 Å². The molecule has 0 amide bonds. The predicted octanol–water partition coefficient (Wildman–Crippen LogP) is 24.0. The molecular weight excluding hydrogens is 2930 g/mol. The maximum atomic E-state index is 13.0. The topological polar surface area (TPSA) is 166 Å². The number of rotatable bonds is 15. The molecule has 3 aliphatic rings. The molecule has 3 fully saturated rings. The second-order valence-corrected chi connectivity index (χ2v) is 51.3. The summed E-state index contributed by atoms with van der Waals surface area (Å²) in [7, 11) is -2.79. The Morgan fingerprint density at radius 2 is 0.678 bits per heavy atom. The van der Waals surface area contributed by atoms with Crippen LogP contribution in [0, 0.1) is 42.8 Å². The molecule has 3 heterocycles. The highest BCUT2D eigenvalue weighted by Gasteiger charge is 2.36. The molecule has 1 unspecified atom stereocenters. The van der Waals surface area contributed by atoms with Crippen molar-refractivity contribution in [3.63, 3.8) is 0 Å². The van der Waals surface area contributed by atoms with E-state index >= 15 is 0 Å². The van der Waals surface area contributed by atoms with Gasteiger partial charge in [-0.15, -0.1) is 0 Å². The summed E-state index contributed by atoms with van der Waals surface area (Å²) < 4.78 is 63.8. The van der Waals surface area contributed by atoms with Gasteiger partial charge in [-0.05, 0) is 398 Å². The first-order chi connectivity index (χ1) is 55.2. The van der Waals surface area contributed by atoms with Crippen LogP contribution in [0.2, 0.25) is 0 Å². The van der Waals surface area contributed by atoms with Gasteiger partial charge in [0.1, 0.15) is 63.8 Å². The van der Waals surface area contributed by atoms with Gasteiger partial charge in [0.2, 0.25) is 5.78 Å². The highest BCUT2D eigenvalue weighted by atomic mass is 127. The molecule has 0 radical (unpaired) electrons. The van der Waals surface area contributed by atoms with Gasteiger partial charge in [-0.1, -0.05) is 84.9 Å². The number of ketones is 1.